The van der Waals surface area contributed by atoms with E-state index in [9.17, 15) is 22.8 Å². The van der Waals surface area contributed by atoms with Crippen LogP contribution in [-0.4, -0.2) is 17.9 Å². The summed E-state index contributed by atoms with van der Waals surface area (Å²) in [5.41, 5.74) is -2.35. The lowest BCUT2D eigenvalue weighted by Crippen LogP contribution is -2.17. The van der Waals surface area contributed by atoms with Gasteiger partial charge in [-0.15, -0.1) is 11.6 Å². The number of rotatable bonds is 3. The highest BCUT2D eigenvalue weighted by Crippen LogP contribution is 2.35. The van der Waals surface area contributed by atoms with Crippen molar-refractivity contribution < 1.29 is 22.8 Å². The highest BCUT2D eigenvalue weighted by Gasteiger charge is 2.37. The fourth-order valence-electron chi connectivity index (χ4n) is 1.33. The Balaban J connectivity index is 3.61. The molecule has 1 rings (SSSR count). The maximum atomic E-state index is 12.8. The van der Waals surface area contributed by atoms with E-state index in [0.29, 0.717) is 3.57 Å². The van der Waals surface area contributed by atoms with Gasteiger partial charge >= 0.3 is 6.18 Å². The molecule has 0 unspecified atom stereocenters. The van der Waals surface area contributed by atoms with Gasteiger partial charge in [0.2, 0.25) is 0 Å². The third-order valence-corrected chi connectivity index (χ3v) is 2.83. The third kappa shape index (κ3) is 3.19. The number of aldehydes is 1. The van der Waals surface area contributed by atoms with Crippen molar-refractivity contribution in [3.8, 4) is 0 Å². The van der Waals surface area contributed by atoms with E-state index in [4.69, 9.17) is 11.6 Å². The molecule has 0 aliphatic heterocycles. The van der Waals surface area contributed by atoms with E-state index < -0.39 is 34.5 Å². The summed E-state index contributed by atoms with van der Waals surface area (Å²) in [4.78, 5) is 22.0. The molecule has 0 spiro atoms. The van der Waals surface area contributed by atoms with Crippen LogP contribution < -0.4 is 0 Å². The van der Waals surface area contributed by atoms with Crippen molar-refractivity contribution in [2.24, 2.45) is 0 Å². The number of Topliss-reactive ketones (excluding diaryl/α,β-unsaturated/α-hetero) is 1. The molecule has 0 fully saturated rings. The number of ketones is 1. The number of hydrogen-bond acceptors (Lipinski definition) is 2. The van der Waals surface area contributed by atoms with E-state index in [0.717, 1.165) is 12.1 Å². The standard InChI is InChI=1S/C10H5ClF3IO2/c11-3-8(17)7-2-6(15)1-5(4-16)9(7)10(12,13)14/h1-2,4H,3H2. The Morgan fingerprint density at radius 3 is 2.41 bits per heavy atom. The number of benzene rings is 1. The fourth-order valence-corrected chi connectivity index (χ4v) is 2.12. The van der Waals surface area contributed by atoms with Crippen LogP contribution in [0.3, 0.4) is 0 Å². The second-order valence-electron chi connectivity index (χ2n) is 3.09. The van der Waals surface area contributed by atoms with Crippen molar-refractivity contribution >= 4 is 46.3 Å². The van der Waals surface area contributed by atoms with Crippen LogP contribution in [0.5, 0.6) is 0 Å². The minimum absolute atomic E-state index is 0.0794. The predicted molar refractivity (Wildman–Crippen MR) is 64.6 cm³/mol. The summed E-state index contributed by atoms with van der Waals surface area (Å²) in [5, 5.41) is 0. The largest absolute Gasteiger partial charge is 0.417 e. The first-order valence-corrected chi connectivity index (χ1v) is 5.87. The van der Waals surface area contributed by atoms with Gasteiger partial charge in [-0.3, -0.25) is 9.59 Å². The van der Waals surface area contributed by atoms with Gasteiger partial charge in [0.25, 0.3) is 0 Å². The monoisotopic (exact) mass is 376 g/mol. The molecule has 7 heteroatoms. The van der Waals surface area contributed by atoms with Crippen molar-refractivity contribution in [3.63, 3.8) is 0 Å². The summed E-state index contributed by atoms with van der Waals surface area (Å²) >= 11 is 6.98. The summed E-state index contributed by atoms with van der Waals surface area (Å²) in [5.74, 6) is -1.43. The Morgan fingerprint density at radius 2 is 2.00 bits per heavy atom. The van der Waals surface area contributed by atoms with Gasteiger partial charge in [-0.2, -0.15) is 13.2 Å². The number of alkyl halides is 4. The summed E-state index contributed by atoms with van der Waals surface area (Å²) in [6.45, 7) is 0. The van der Waals surface area contributed by atoms with Crippen molar-refractivity contribution in [2.75, 3.05) is 5.88 Å². The van der Waals surface area contributed by atoms with Gasteiger partial charge in [-0.05, 0) is 34.7 Å². The zero-order valence-corrected chi connectivity index (χ0v) is 11.1. The van der Waals surface area contributed by atoms with Crippen molar-refractivity contribution in [2.45, 2.75) is 6.18 Å². The lowest BCUT2D eigenvalue weighted by Gasteiger charge is -2.14. The molecular weight excluding hydrogens is 371 g/mol. The molecule has 1 aromatic rings. The number of carbonyl (C=O) groups is 2. The van der Waals surface area contributed by atoms with E-state index in [-0.39, 0.29) is 6.29 Å². The van der Waals surface area contributed by atoms with Gasteiger partial charge < -0.3 is 0 Å². The molecule has 0 saturated carbocycles. The second-order valence-corrected chi connectivity index (χ2v) is 4.60. The second kappa shape index (κ2) is 5.34. The highest BCUT2D eigenvalue weighted by atomic mass is 127. The highest BCUT2D eigenvalue weighted by molar-refractivity contribution is 14.1. The van der Waals surface area contributed by atoms with E-state index >= 15 is 0 Å². The Kier molecular flexibility index (Phi) is 4.54. The summed E-state index contributed by atoms with van der Waals surface area (Å²) < 4.78 is 38.7. The number of carbonyl (C=O) groups excluding carboxylic acids is 2. The predicted octanol–water partition coefficient (Wildman–Crippen LogP) is 3.54. The van der Waals surface area contributed by atoms with E-state index in [2.05, 4.69) is 0 Å². The lowest BCUT2D eigenvalue weighted by atomic mass is 9.99. The molecule has 0 bridgehead atoms. The molecule has 0 aromatic heterocycles. The maximum absolute atomic E-state index is 12.8. The van der Waals surface area contributed by atoms with Crippen molar-refractivity contribution in [1.82, 2.24) is 0 Å². The number of hydrogen-bond donors (Lipinski definition) is 0. The zero-order chi connectivity index (χ0) is 13.2. The first-order chi connectivity index (χ1) is 7.81. The van der Waals surface area contributed by atoms with E-state index in [1.165, 1.54) is 0 Å². The first-order valence-electron chi connectivity index (χ1n) is 4.26. The van der Waals surface area contributed by atoms with E-state index in [1.54, 1.807) is 22.6 Å². The van der Waals surface area contributed by atoms with Crippen LogP contribution in [0.1, 0.15) is 26.3 Å². The normalized spacial score (nSPS) is 11.4. The SMILES string of the molecule is O=Cc1cc(I)cc(C(=O)CCl)c1C(F)(F)F. The lowest BCUT2D eigenvalue weighted by molar-refractivity contribution is -0.138. The van der Waals surface area contributed by atoms with Gasteiger partial charge in [-0.1, -0.05) is 0 Å². The van der Waals surface area contributed by atoms with Crippen LogP contribution >= 0.6 is 34.2 Å². The summed E-state index contributed by atoms with van der Waals surface area (Å²) in [6, 6.07) is 2.14. The Labute approximate surface area is 113 Å². The van der Waals surface area contributed by atoms with Gasteiger partial charge in [0.1, 0.15) is 0 Å². The average molecular weight is 376 g/mol. The molecule has 0 saturated heterocycles. The Morgan fingerprint density at radius 1 is 1.41 bits per heavy atom. The van der Waals surface area contributed by atoms with Gasteiger partial charge in [0.05, 0.1) is 11.4 Å². The molecule has 92 valence electrons. The molecule has 0 amide bonds. The molecule has 17 heavy (non-hydrogen) atoms. The smallest absolute Gasteiger partial charge is 0.298 e. The van der Waals surface area contributed by atoms with Crippen LogP contribution in [0.15, 0.2) is 12.1 Å². The van der Waals surface area contributed by atoms with Crippen LogP contribution in [-0.2, 0) is 6.18 Å². The maximum Gasteiger partial charge on any atom is 0.417 e. The molecule has 0 aliphatic carbocycles. The number of halogens is 5. The molecule has 1 aromatic carbocycles. The van der Waals surface area contributed by atoms with Gasteiger partial charge in [0, 0.05) is 14.7 Å². The van der Waals surface area contributed by atoms with Crippen molar-refractivity contribution in [1.29, 1.82) is 0 Å². The minimum atomic E-state index is -4.77. The fraction of sp³-hybridized carbons (Fsp3) is 0.200. The average Bonchev–Trinajstić information content (AvgIpc) is 2.24. The van der Waals surface area contributed by atoms with Crippen LogP contribution in [0.25, 0.3) is 0 Å². The van der Waals surface area contributed by atoms with Gasteiger partial charge in [0.15, 0.2) is 12.1 Å². The van der Waals surface area contributed by atoms with Crippen molar-refractivity contribution in [3.05, 3.63) is 32.4 Å². The summed E-state index contributed by atoms with van der Waals surface area (Å²) in [7, 11) is 0. The quantitative estimate of drug-likeness (QED) is 0.350. The van der Waals surface area contributed by atoms with Crippen LogP contribution in [0.2, 0.25) is 0 Å². The Bertz CT molecular complexity index is 471. The third-order valence-electron chi connectivity index (χ3n) is 1.97. The molecule has 2 nitrogen and oxygen atoms in total. The van der Waals surface area contributed by atoms with Gasteiger partial charge in [-0.25, -0.2) is 0 Å². The molecule has 0 N–H and O–H groups in total. The first kappa shape index (κ1) is 14.4. The minimum Gasteiger partial charge on any atom is -0.298 e. The zero-order valence-electron chi connectivity index (χ0n) is 8.15. The molecule has 0 heterocycles. The van der Waals surface area contributed by atoms with Crippen LogP contribution in [0, 0.1) is 3.57 Å². The summed E-state index contributed by atoms with van der Waals surface area (Å²) in [6.07, 6.45) is -4.69. The van der Waals surface area contributed by atoms with Crippen LogP contribution in [0.4, 0.5) is 13.2 Å². The van der Waals surface area contributed by atoms with E-state index in [1.807, 2.05) is 0 Å². The topological polar surface area (TPSA) is 34.1 Å². The molecule has 0 radical (unpaired) electrons. The Hall–Kier alpha value is -0.630. The molecule has 0 atom stereocenters. The molecular formula is C10H5ClF3IO2. The molecule has 0 aliphatic rings.